The highest BCUT2D eigenvalue weighted by Gasteiger charge is 2.37. The maximum absolute atomic E-state index is 12.4. The second kappa shape index (κ2) is 15.0. The SMILES string of the molecule is CC(NC(=O)CC1COC1)C(=O)NCC(=O)NC(Cc1ccccc1)C(=O)C1CO1.COc1ccc(C)cc1. The van der Waals surface area contributed by atoms with E-state index in [0.29, 0.717) is 32.7 Å². The molecule has 3 amide bonds. The maximum atomic E-state index is 12.4. The molecule has 0 spiro atoms. The van der Waals surface area contributed by atoms with E-state index in [0.717, 1.165) is 11.3 Å². The number of benzene rings is 2. The average molecular weight is 540 g/mol. The highest BCUT2D eigenvalue weighted by molar-refractivity contribution is 5.95. The van der Waals surface area contributed by atoms with E-state index >= 15 is 0 Å². The Balaban J connectivity index is 0.000000395. The molecular formula is C29H37N3O7. The molecule has 0 aromatic heterocycles. The molecule has 0 radical (unpaired) electrons. The zero-order valence-electron chi connectivity index (χ0n) is 22.6. The molecule has 0 bridgehead atoms. The molecule has 4 rings (SSSR count). The fourth-order valence-corrected chi connectivity index (χ4v) is 3.78. The number of nitrogens with one attached hydrogen (secondary N) is 3. The first-order chi connectivity index (χ1) is 18.7. The van der Waals surface area contributed by atoms with Crippen LogP contribution in [0.1, 0.15) is 24.5 Å². The summed E-state index contributed by atoms with van der Waals surface area (Å²) in [4.78, 5) is 48.8. The molecule has 2 aliphatic heterocycles. The number of methoxy groups -OCH3 is 1. The summed E-state index contributed by atoms with van der Waals surface area (Å²) in [6.45, 7) is 4.79. The Hall–Kier alpha value is -3.76. The van der Waals surface area contributed by atoms with E-state index in [2.05, 4.69) is 22.9 Å². The van der Waals surface area contributed by atoms with Gasteiger partial charge in [-0.05, 0) is 38.0 Å². The summed E-state index contributed by atoms with van der Waals surface area (Å²) in [5, 5.41) is 7.78. The summed E-state index contributed by atoms with van der Waals surface area (Å²) in [6, 6.07) is 15.8. The number of rotatable bonds is 12. The second-order valence-corrected chi connectivity index (χ2v) is 9.67. The van der Waals surface area contributed by atoms with E-state index in [9.17, 15) is 19.2 Å². The Labute approximate surface area is 228 Å². The van der Waals surface area contributed by atoms with Crippen molar-refractivity contribution in [1.29, 1.82) is 0 Å². The number of Topliss-reactive ketones (excluding diaryl/α,β-unsaturated/α-hetero) is 1. The standard InChI is InChI=1S/C21H27N3O6.C8H10O/c1-13(23-18(25)8-15-10-29-11-15)21(28)22-9-19(26)24-16(20(27)17-12-30-17)7-14-5-3-2-4-6-14;1-7-3-5-8(9-2)6-4-7/h2-6,13,15-17H,7-12H2,1H3,(H,22,28)(H,23,25)(H,24,26);3-6H,1-2H3. The lowest BCUT2D eigenvalue weighted by Gasteiger charge is -2.25. The number of amides is 3. The average Bonchev–Trinajstić information content (AvgIpc) is 3.76. The number of epoxide rings is 1. The van der Waals surface area contributed by atoms with Crippen LogP contribution in [-0.2, 0) is 35.1 Å². The van der Waals surface area contributed by atoms with Crippen LogP contribution < -0.4 is 20.7 Å². The minimum atomic E-state index is -0.770. The molecule has 2 aromatic carbocycles. The normalized spacial score (nSPS) is 17.3. The van der Waals surface area contributed by atoms with Gasteiger partial charge in [-0.3, -0.25) is 19.2 Å². The van der Waals surface area contributed by atoms with Gasteiger partial charge in [-0.25, -0.2) is 0 Å². The number of hydrogen-bond acceptors (Lipinski definition) is 7. The van der Waals surface area contributed by atoms with Crippen LogP contribution in [0, 0.1) is 12.8 Å². The van der Waals surface area contributed by atoms with Crippen molar-refractivity contribution in [2.24, 2.45) is 5.92 Å². The maximum Gasteiger partial charge on any atom is 0.242 e. The highest BCUT2D eigenvalue weighted by atomic mass is 16.6. The molecule has 10 nitrogen and oxygen atoms in total. The van der Waals surface area contributed by atoms with Gasteiger partial charge in [0.15, 0.2) is 5.78 Å². The van der Waals surface area contributed by atoms with E-state index in [1.165, 1.54) is 5.56 Å². The topological polar surface area (TPSA) is 135 Å². The predicted molar refractivity (Wildman–Crippen MR) is 144 cm³/mol. The number of carbonyl (C=O) groups excluding carboxylic acids is 4. The van der Waals surface area contributed by atoms with Gasteiger partial charge in [0.05, 0.1) is 39.5 Å². The van der Waals surface area contributed by atoms with Gasteiger partial charge < -0.3 is 30.2 Å². The molecular weight excluding hydrogens is 502 g/mol. The van der Waals surface area contributed by atoms with Crippen LogP contribution in [-0.4, -0.2) is 75.2 Å². The third-order valence-corrected chi connectivity index (χ3v) is 6.24. The zero-order chi connectivity index (χ0) is 28.2. The van der Waals surface area contributed by atoms with Crippen LogP contribution in [0.15, 0.2) is 54.6 Å². The van der Waals surface area contributed by atoms with Crippen LogP contribution in [0.2, 0.25) is 0 Å². The first-order valence-electron chi connectivity index (χ1n) is 13.0. The molecule has 2 fully saturated rings. The molecule has 10 heteroatoms. The third-order valence-electron chi connectivity index (χ3n) is 6.24. The van der Waals surface area contributed by atoms with Crippen molar-refractivity contribution in [1.82, 2.24) is 16.0 Å². The summed E-state index contributed by atoms with van der Waals surface area (Å²) in [5.74, 6) is -0.253. The van der Waals surface area contributed by atoms with Gasteiger partial charge in [0.1, 0.15) is 17.9 Å². The fourth-order valence-electron chi connectivity index (χ4n) is 3.78. The summed E-state index contributed by atoms with van der Waals surface area (Å²) in [6.07, 6.45) is 0.172. The molecule has 2 aromatic rings. The Morgan fingerprint density at radius 2 is 1.62 bits per heavy atom. The molecule has 3 atom stereocenters. The Kier molecular flexibility index (Phi) is 11.4. The van der Waals surface area contributed by atoms with Crippen LogP contribution in [0.3, 0.4) is 0 Å². The van der Waals surface area contributed by atoms with Gasteiger partial charge in [-0.15, -0.1) is 0 Å². The molecule has 210 valence electrons. The van der Waals surface area contributed by atoms with E-state index in [4.69, 9.17) is 14.2 Å². The zero-order valence-corrected chi connectivity index (χ0v) is 22.6. The number of aryl methyl sites for hydroxylation is 1. The van der Waals surface area contributed by atoms with Crippen molar-refractivity contribution < 1.29 is 33.4 Å². The van der Waals surface area contributed by atoms with Gasteiger partial charge >= 0.3 is 0 Å². The molecule has 2 heterocycles. The van der Waals surface area contributed by atoms with Gasteiger partial charge in [0.2, 0.25) is 17.7 Å². The first-order valence-corrected chi connectivity index (χ1v) is 13.0. The lowest BCUT2D eigenvalue weighted by atomic mass is 10.0. The van der Waals surface area contributed by atoms with Crippen molar-refractivity contribution >= 4 is 23.5 Å². The largest absolute Gasteiger partial charge is 0.497 e. The van der Waals surface area contributed by atoms with Gasteiger partial charge in [-0.1, -0.05) is 48.0 Å². The summed E-state index contributed by atoms with van der Waals surface area (Å²) < 4.78 is 15.0. The van der Waals surface area contributed by atoms with E-state index in [-0.39, 0.29) is 24.2 Å². The third kappa shape index (κ3) is 10.5. The van der Waals surface area contributed by atoms with Gasteiger partial charge in [0, 0.05) is 12.3 Å². The first kappa shape index (κ1) is 29.8. The molecule has 3 N–H and O–H groups in total. The van der Waals surface area contributed by atoms with E-state index in [1.807, 2.05) is 54.6 Å². The lowest BCUT2D eigenvalue weighted by molar-refractivity contribution is -0.132. The summed E-state index contributed by atoms with van der Waals surface area (Å²) in [7, 11) is 1.67. The molecule has 2 aliphatic rings. The molecule has 0 aliphatic carbocycles. The van der Waals surface area contributed by atoms with Crippen LogP contribution >= 0.6 is 0 Å². The smallest absolute Gasteiger partial charge is 0.242 e. The monoisotopic (exact) mass is 539 g/mol. The van der Waals surface area contributed by atoms with Crippen molar-refractivity contribution in [2.75, 3.05) is 33.5 Å². The Morgan fingerprint density at radius 1 is 0.949 bits per heavy atom. The van der Waals surface area contributed by atoms with Crippen LogP contribution in [0.5, 0.6) is 5.75 Å². The van der Waals surface area contributed by atoms with Crippen molar-refractivity contribution in [2.45, 2.75) is 44.9 Å². The number of carbonyl (C=O) groups is 4. The van der Waals surface area contributed by atoms with E-state index < -0.39 is 30.0 Å². The minimum absolute atomic E-state index is 0.181. The molecule has 39 heavy (non-hydrogen) atoms. The van der Waals surface area contributed by atoms with Crippen molar-refractivity contribution in [3.05, 3.63) is 65.7 Å². The van der Waals surface area contributed by atoms with Crippen LogP contribution in [0.4, 0.5) is 0 Å². The molecule has 0 saturated carbocycles. The number of ether oxygens (including phenoxy) is 3. The highest BCUT2D eigenvalue weighted by Crippen LogP contribution is 2.15. The number of hydrogen-bond donors (Lipinski definition) is 3. The second-order valence-electron chi connectivity index (χ2n) is 9.67. The predicted octanol–water partition coefficient (Wildman–Crippen LogP) is 1.34. The van der Waals surface area contributed by atoms with Crippen molar-refractivity contribution in [3.63, 3.8) is 0 Å². The number of ketones is 1. The summed E-state index contributed by atoms with van der Waals surface area (Å²) in [5.41, 5.74) is 2.17. The molecule has 3 unspecified atom stereocenters. The summed E-state index contributed by atoms with van der Waals surface area (Å²) >= 11 is 0. The molecule has 2 saturated heterocycles. The lowest BCUT2D eigenvalue weighted by Crippen LogP contribution is -2.51. The quantitative estimate of drug-likeness (QED) is 0.347. The van der Waals surface area contributed by atoms with Crippen molar-refractivity contribution in [3.8, 4) is 5.75 Å². The van der Waals surface area contributed by atoms with Crippen LogP contribution in [0.25, 0.3) is 0 Å². The Morgan fingerprint density at radius 3 is 2.18 bits per heavy atom. The fraction of sp³-hybridized carbons (Fsp3) is 0.448. The Bertz CT molecular complexity index is 1100. The van der Waals surface area contributed by atoms with E-state index in [1.54, 1.807) is 14.0 Å². The van der Waals surface area contributed by atoms with Gasteiger partial charge in [0.25, 0.3) is 0 Å². The van der Waals surface area contributed by atoms with Gasteiger partial charge in [-0.2, -0.15) is 0 Å². The minimum Gasteiger partial charge on any atom is -0.497 e.